The monoisotopic (exact) mass is 470 g/mol. The van der Waals surface area contributed by atoms with Crippen LogP contribution < -0.4 is 15.4 Å². The Balaban J connectivity index is 1.38. The van der Waals surface area contributed by atoms with Crippen LogP contribution >= 0.6 is 22.7 Å². The highest BCUT2D eigenvalue weighted by atomic mass is 32.2. The summed E-state index contributed by atoms with van der Waals surface area (Å²) in [6.45, 7) is 1.74. The number of hydrogen-bond donors (Lipinski definition) is 3. The standard InChI is InChI=1S/C19H14N6O3S3/c1-10-23-24-19(30-10)25-31(27,28)12-4-2-11(3-5-12)20-8-13-16-14(22-18(13)26)6-7-15-17(16)29-9-21-15/h2-9,20H,1H3,(H,22,26)(H,24,25)/b13-8-. The van der Waals surface area contributed by atoms with Crippen molar-refractivity contribution in [3.8, 4) is 0 Å². The Labute approximate surface area is 184 Å². The molecule has 0 radical (unpaired) electrons. The number of anilines is 3. The van der Waals surface area contributed by atoms with Crippen LogP contribution in [0.5, 0.6) is 0 Å². The van der Waals surface area contributed by atoms with Crippen molar-refractivity contribution in [2.24, 2.45) is 0 Å². The molecule has 2 aromatic heterocycles. The number of rotatable bonds is 5. The first-order valence-electron chi connectivity index (χ1n) is 8.98. The number of amides is 1. The lowest BCUT2D eigenvalue weighted by atomic mass is 10.1. The fourth-order valence-corrected chi connectivity index (χ4v) is 5.81. The first kappa shape index (κ1) is 19.6. The first-order valence-corrected chi connectivity index (χ1v) is 12.2. The molecular weight excluding hydrogens is 456 g/mol. The van der Waals surface area contributed by atoms with Crippen LogP contribution in [0, 0.1) is 6.92 Å². The smallest absolute Gasteiger partial charge is 0.263 e. The molecule has 1 aliphatic heterocycles. The maximum Gasteiger partial charge on any atom is 0.263 e. The Bertz CT molecular complexity index is 1450. The number of nitrogens with zero attached hydrogens (tertiary/aromatic N) is 3. The molecule has 4 aromatic rings. The summed E-state index contributed by atoms with van der Waals surface area (Å²) in [5.41, 5.74) is 5.27. The highest BCUT2D eigenvalue weighted by Crippen LogP contribution is 2.39. The van der Waals surface area contributed by atoms with Crippen LogP contribution in [0.2, 0.25) is 0 Å². The van der Waals surface area contributed by atoms with Crippen molar-refractivity contribution >= 4 is 70.9 Å². The Morgan fingerprint density at radius 1 is 1.10 bits per heavy atom. The average molecular weight is 471 g/mol. The third-order valence-electron chi connectivity index (χ3n) is 4.56. The van der Waals surface area contributed by atoms with Crippen LogP contribution in [-0.2, 0) is 14.8 Å². The van der Waals surface area contributed by atoms with E-state index in [0.29, 0.717) is 16.3 Å². The number of fused-ring (bicyclic) bond motifs is 3. The summed E-state index contributed by atoms with van der Waals surface area (Å²) in [4.78, 5) is 16.8. The van der Waals surface area contributed by atoms with E-state index in [-0.39, 0.29) is 15.9 Å². The first-order chi connectivity index (χ1) is 14.9. The molecule has 12 heteroatoms. The zero-order valence-corrected chi connectivity index (χ0v) is 18.4. The van der Waals surface area contributed by atoms with Gasteiger partial charge in [0.2, 0.25) is 5.13 Å². The van der Waals surface area contributed by atoms with Crippen LogP contribution in [-0.4, -0.2) is 29.5 Å². The molecule has 3 N–H and O–H groups in total. The summed E-state index contributed by atoms with van der Waals surface area (Å²) in [5.74, 6) is -0.209. The van der Waals surface area contributed by atoms with Crippen molar-refractivity contribution in [2.75, 3.05) is 15.4 Å². The number of benzene rings is 2. The van der Waals surface area contributed by atoms with Gasteiger partial charge in [-0.1, -0.05) is 11.3 Å². The lowest BCUT2D eigenvalue weighted by molar-refractivity contribution is -0.110. The van der Waals surface area contributed by atoms with E-state index in [2.05, 4.69) is 30.5 Å². The second kappa shape index (κ2) is 7.41. The Morgan fingerprint density at radius 2 is 1.90 bits per heavy atom. The lowest BCUT2D eigenvalue weighted by Gasteiger charge is -2.07. The fourth-order valence-electron chi connectivity index (χ4n) is 3.14. The molecule has 156 valence electrons. The van der Waals surface area contributed by atoms with Crippen molar-refractivity contribution in [1.29, 1.82) is 0 Å². The summed E-state index contributed by atoms with van der Waals surface area (Å²) >= 11 is 2.63. The number of sulfonamides is 1. The SMILES string of the molecule is Cc1nnc(NS(=O)(=O)c2ccc(N/C=C3\C(=O)Nc4ccc5ncsc5c43)cc2)s1. The maximum atomic E-state index is 12.5. The van der Waals surface area contributed by atoms with Gasteiger partial charge in [-0.3, -0.25) is 9.52 Å². The van der Waals surface area contributed by atoms with Crippen molar-refractivity contribution in [1.82, 2.24) is 15.2 Å². The molecule has 0 spiro atoms. The molecule has 1 amide bonds. The van der Waals surface area contributed by atoms with E-state index < -0.39 is 10.0 Å². The van der Waals surface area contributed by atoms with Gasteiger partial charge in [0.1, 0.15) is 5.01 Å². The zero-order valence-electron chi connectivity index (χ0n) is 15.9. The predicted molar refractivity (Wildman–Crippen MR) is 122 cm³/mol. The Hall–Kier alpha value is -3.35. The lowest BCUT2D eigenvalue weighted by Crippen LogP contribution is -2.12. The largest absolute Gasteiger partial charge is 0.361 e. The van der Waals surface area contributed by atoms with Crippen molar-refractivity contribution in [2.45, 2.75) is 11.8 Å². The molecule has 3 heterocycles. The van der Waals surface area contributed by atoms with Crippen molar-refractivity contribution < 1.29 is 13.2 Å². The van der Waals surface area contributed by atoms with E-state index in [0.717, 1.165) is 32.8 Å². The minimum absolute atomic E-state index is 0.0916. The van der Waals surface area contributed by atoms with Gasteiger partial charge in [-0.25, -0.2) is 13.4 Å². The number of hydrogen-bond acceptors (Lipinski definition) is 9. The quantitative estimate of drug-likeness (QED) is 0.380. The number of carbonyl (C=O) groups is 1. The number of nitrogens with one attached hydrogen (secondary N) is 3. The van der Waals surface area contributed by atoms with Crippen LogP contribution in [0.4, 0.5) is 16.5 Å². The fraction of sp³-hybridized carbons (Fsp3) is 0.0526. The summed E-state index contributed by atoms with van der Waals surface area (Å²) in [5, 5.41) is 14.4. The van der Waals surface area contributed by atoms with Gasteiger partial charge in [-0.15, -0.1) is 21.5 Å². The number of thiazole rings is 1. The molecular formula is C19H14N6O3S3. The summed E-state index contributed by atoms with van der Waals surface area (Å²) in [6.07, 6.45) is 1.62. The molecule has 0 fully saturated rings. The number of carbonyl (C=O) groups excluding carboxylic acids is 1. The van der Waals surface area contributed by atoms with Crippen molar-refractivity contribution in [3.63, 3.8) is 0 Å². The topological polar surface area (TPSA) is 126 Å². The maximum absolute atomic E-state index is 12.5. The minimum atomic E-state index is -3.77. The van der Waals surface area contributed by atoms with Gasteiger partial charge in [-0.05, 0) is 43.3 Å². The van der Waals surface area contributed by atoms with E-state index in [1.165, 1.54) is 23.5 Å². The molecule has 0 saturated heterocycles. The van der Waals surface area contributed by atoms with Crippen LogP contribution in [0.15, 0.2) is 53.0 Å². The van der Waals surface area contributed by atoms with Gasteiger partial charge in [-0.2, -0.15) is 0 Å². The van der Waals surface area contributed by atoms with Gasteiger partial charge in [0.25, 0.3) is 15.9 Å². The predicted octanol–water partition coefficient (Wildman–Crippen LogP) is 3.66. The molecule has 31 heavy (non-hydrogen) atoms. The highest BCUT2D eigenvalue weighted by molar-refractivity contribution is 7.93. The molecule has 5 rings (SSSR count). The van der Waals surface area contributed by atoms with Crippen molar-refractivity contribution in [3.05, 3.63) is 58.7 Å². The summed E-state index contributed by atoms with van der Waals surface area (Å²) in [6, 6.07) is 9.90. The molecule has 0 bridgehead atoms. The molecule has 0 atom stereocenters. The van der Waals surface area contributed by atoms with E-state index in [1.807, 2.05) is 12.1 Å². The third-order valence-corrected chi connectivity index (χ3v) is 7.65. The van der Waals surface area contributed by atoms with E-state index in [1.54, 1.807) is 30.8 Å². The van der Waals surface area contributed by atoms with Crippen LogP contribution in [0.1, 0.15) is 10.6 Å². The second-order valence-corrected chi connectivity index (χ2v) is 10.3. The molecule has 0 saturated carbocycles. The Kier molecular flexibility index (Phi) is 4.68. The van der Waals surface area contributed by atoms with Gasteiger partial charge in [0.05, 0.1) is 31.9 Å². The van der Waals surface area contributed by atoms with E-state index >= 15 is 0 Å². The zero-order chi connectivity index (χ0) is 21.6. The molecule has 1 aliphatic rings. The minimum Gasteiger partial charge on any atom is -0.361 e. The highest BCUT2D eigenvalue weighted by Gasteiger charge is 2.27. The summed E-state index contributed by atoms with van der Waals surface area (Å²) < 4.78 is 28.4. The normalized spacial score (nSPS) is 14.6. The Morgan fingerprint density at radius 3 is 2.65 bits per heavy atom. The van der Waals surface area contributed by atoms with Gasteiger partial charge < -0.3 is 10.6 Å². The van der Waals surface area contributed by atoms with Crippen LogP contribution in [0.25, 0.3) is 15.8 Å². The molecule has 2 aromatic carbocycles. The number of aryl methyl sites for hydroxylation is 1. The van der Waals surface area contributed by atoms with Crippen LogP contribution in [0.3, 0.4) is 0 Å². The molecule has 0 aliphatic carbocycles. The van der Waals surface area contributed by atoms with Gasteiger partial charge in [0.15, 0.2) is 0 Å². The van der Waals surface area contributed by atoms with Gasteiger partial charge in [0, 0.05) is 17.5 Å². The molecule has 0 unspecified atom stereocenters. The third kappa shape index (κ3) is 3.65. The van der Waals surface area contributed by atoms with E-state index in [4.69, 9.17) is 0 Å². The average Bonchev–Trinajstić information content (AvgIpc) is 3.44. The molecule has 9 nitrogen and oxygen atoms in total. The summed E-state index contributed by atoms with van der Waals surface area (Å²) in [7, 11) is -3.77. The van der Waals surface area contributed by atoms with E-state index in [9.17, 15) is 13.2 Å². The van der Waals surface area contributed by atoms with Gasteiger partial charge >= 0.3 is 0 Å². The second-order valence-electron chi connectivity index (χ2n) is 6.60. The number of aromatic nitrogens is 3.